The monoisotopic (exact) mass is 324 g/mol. The van der Waals surface area contributed by atoms with Gasteiger partial charge in [-0.2, -0.15) is 5.10 Å². The number of amides is 1. The normalized spacial score (nSPS) is 10.4. The van der Waals surface area contributed by atoms with E-state index >= 15 is 0 Å². The van der Waals surface area contributed by atoms with Gasteiger partial charge in [-0.05, 0) is 48.4 Å². The summed E-state index contributed by atoms with van der Waals surface area (Å²) in [5.41, 5.74) is 4.26. The number of para-hydroxylation sites is 1. The first-order valence-corrected chi connectivity index (χ1v) is 7.53. The minimum absolute atomic E-state index is 0.0868. The van der Waals surface area contributed by atoms with E-state index in [2.05, 4.69) is 17.1 Å². The number of nitrogens with zero attached hydrogens (tertiary/aromatic N) is 1. The number of benzene rings is 2. The number of rotatable bonds is 8. The lowest BCUT2D eigenvalue weighted by Crippen LogP contribution is -2.24. The van der Waals surface area contributed by atoms with E-state index in [0.29, 0.717) is 12.4 Å². The molecule has 124 valence electrons. The zero-order valence-corrected chi connectivity index (χ0v) is 13.6. The fourth-order valence-electron chi connectivity index (χ4n) is 1.88. The molecule has 2 rings (SSSR count). The summed E-state index contributed by atoms with van der Waals surface area (Å²) in [6, 6.07) is 14.9. The fourth-order valence-corrected chi connectivity index (χ4v) is 1.88. The SMILES string of the molecule is C=CCOc1ccc(/C=N/NC(=O)COc2ccccc2C)cc1. The molecule has 0 atom stereocenters. The zero-order valence-electron chi connectivity index (χ0n) is 13.6. The van der Waals surface area contributed by atoms with Gasteiger partial charge in [0.15, 0.2) is 6.61 Å². The van der Waals surface area contributed by atoms with E-state index in [9.17, 15) is 4.79 Å². The molecule has 0 saturated heterocycles. The van der Waals surface area contributed by atoms with E-state index in [-0.39, 0.29) is 12.5 Å². The third-order valence-corrected chi connectivity index (χ3v) is 3.10. The lowest BCUT2D eigenvalue weighted by Gasteiger charge is -2.07. The molecule has 5 heteroatoms. The average Bonchev–Trinajstić information content (AvgIpc) is 2.60. The Morgan fingerprint density at radius 2 is 1.92 bits per heavy atom. The number of aryl methyl sites for hydroxylation is 1. The van der Waals surface area contributed by atoms with Crippen LogP contribution < -0.4 is 14.9 Å². The van der Waals surface area contributed by atoms with Gasteiger partial charge >= 0.3 is 0 Å². The summed E-state index contributed by atoms with van der Waals surface area (Å²) in [6.45, 7) is 5.89. The molecule has 0 saturated carbocycles. The predicted molar refractivity (Wildman–Crippen MR) is 94.5 cm³/mol. The van der Waals surface area contributed by atoms with Crippen molar-refractivity contribution < 1.29 is 14.3 Å². The minimum atomic E-state index is -0.319. The van der Waals surface area contributed by atoms with Crippen molar-refractivity contribution in [3.05, 3.63) is 72.3 Å². The van der Waals surface area contributed by atoms with Crippen LogP contribution in [0.25, 0.3) is 0 Å². The van der Waals surface area contributed by atoms with E-state index < -0.39 is 0 Å². The third-order valence-electron chi connectivity index (χ3n) is 3.10. The second kappa shape index (κ2) is 9.15. The number of hydrazone groups is 1. The van der Waals surface area contributed by atoms with Gasteiger partial charge in [0.05, 0.1) is 6.21 Å². The number of hydrogen-bond donors (Lipinski definition) is 1. The molecule has 24 heavy (non-hydrogen) atoms. The maximum absolute atomic E-state index is 11.7. The van der Waals surface area contributed by atoms with Gasteiger partial charge in [-0.15, -0.1) is 0 Å². The Hall–Kier alpha value is -3.08. The van der Waals surface area contributed by atoms with Crippen molar-refractivity contribution in [3.8, 4) is 11.5 Å². The van der Waals surface area contributed by atoms with E-state index in [0.717, 1.165) is 16.9 Å². The largest absolute Gasteiger partial charge is 0.490 e. The van der Waals surface area contributed by atoms with Gasteiger partial charge in [-0.1, -0.05) is 30.9 Å². The Kier molecular flexibility index (Phi) is 6.58. The zero-order chi connectivity index (χ0) is 17.2. The third kappa shape index (κ3) is 5.61. The van der Waals surface area contributed by atoms with Crippen molar-refractivity contribution in [1.82, 2.24) is 5.43 Å². The van der Waals surface area contributed by atoms with Crippen molar-refractivity contribution in [2.45, 2.75) is 6.92 Å². The molecule has 0 aliphatic carbocycles. The topological polar surface area (TPSA) is 59.9 Å². The number of hydrogen-bond acceptors (Lipinski definition) is 4. The Morgan fingerprint density at radius 3 is 2.62 bits per heavy atom. The first-order valence-electron chi connectivity index (χ1n) is 7.53. The van der Waals surface area contributed by atoms with Crippen molar-refractivity contribution >= 4 is 12.1 Å². The molecular formula is C19H20N2O3. The summed E-state index contributed by atoms with van der Waals surface area (Å²) in [7, 11) is 0. The maximum atomic E-state index is 11.7. The van der Waals surface area contributed by atoms with Gasteiger partial charge in [0.1, 0.15) is 18.1 Å². The summed E-state index contributed by atoms with van der Waals surface area (Å²) in [6.07, 6.45) is 3.24. The summed E-state index contributed by atoms with van der Waals surface area (Å²) < 4.78 is 10.8. The van der Waals surface area contributed by atoms with E-state index in [4.69, 9.17) is 9.47 Å². The standard InChI is InChI=1S/C19H20N2O3/c1-3-12-23-17-10-8-16(9-11-17)13-20-21-19(22)14-24-18-7-5-4-6-15(18)2/h3-11,13H,1,12,14H2,2H3,(H,21,22)/b20-13+. The first kappa shape index (κ1) is 17.3. The van der Waals surface area contributed by atoms with Crippen molar-refractivity contribution in [1.29, 1.82) is 0 Å². The van der Waals surface area contributed by atoms with Gasteiger partial charge in [0.2, 0.25) is 0 Å². The van der Waals surface area contributed by atoms with Gasteiger partial charge in [0.25, 0.3) is 5.91 Å². The predicted octanol–water partition coefficient (Wildman–Crippen LogP) is 3.09. The molecule has 0 aromatic heterocycles. The number of carbonyl (C=O) groups excluding carboxylic acids is 1. The highest BCUT2D eigenvalue weighted by molar-refractivity contribution is 5.83. The number of carbonyl (C=O) groups is 1. The van der Waals surface area contributed by atoms with Crippen LogP contribution in [0.5, 0.6) is 11.5 Å². The van der Waals surface area contributed by atoms with Crippen molar-refractivity contribution in [3.63, 3.8) is 0 Å². The molecule has 2 aromatic rings. The molecule has 0 fully saturated rings. The van der Waals surface area contributed by atoms with Crippen molar-refractivity contribution in [2.75, 3.05) is 13.2 Å². The average molecular weight is 324 g/mol. The van der Waals surface area contributed by atoms with Crippen LogP contribution in [0.4, 0.5) is 0 Å². The summed E-state index contributed by atoms with van der Waals surface area (Å²) in [5, 5.41) is 3.91. The first-order chi connectivity index (χ1) is 11.7. The number of ether oxygens (including phenoxy) is 2. The highest BCUT2D eigenvalue weighted by Crippen LogP contribution is 2.15. The van der Waals surface area contributed by atoms with E-state index in [1.165, 1.54) is 0 Å². The van der Waals surface area contributed by atoms with Crippen LogP contribution in [0.15, 0.2) is 66.3 Å². The lowest BCUT2D eigenvalue weighted by molar-refractivity contribution is -0.123. The minimum Gasteiger partial charge on any atom is -0.490 e. The highest BCUT2D eigenvalue weighted by Gasteiger charge is 2.03. The Balaban J connectivity index is 1.77. The molecule has 0 aliphatic heterocycles. The summed E-state index contributed by atoms with van der Waals surface area (Å²) in [5.74, 6) is 1.12. The van der Waals surface area contributed by atoms with Crippen LogP contribution in [0.2, 0.25) is 0 Å². The molecule has 1 N–H and O–H groups in total. The van der Waals surface area contributed by atoms with Gasteiger partial charge in [-0.3, -0.25) is 4.79 Å². The molecule has 2 aromatic carbocycles. The molecule has 1 amide bonds. The fraction of sp³-hybridized carbons (Fsp3) is 0.158. The highest BCUT2D eigenvalue weighted by atomic mass is 16.5. The van der Waals surface area contributed by atoms with Crippen LogP contribution >= 0.6 is 0 Å². The van der Waals surface area contributed by atoms with Gasteiger partial charge in [0, 0.05) is 0 Å². The molecule has 0 heterocycles. The smallest absolute Gasteiger partial charge is 0.277 e. The Morgan fingerprint density at radius 1 is 1.17 bits per heavy atom. The van der Waals surface area contributed by atoms with Crippen LogP contribution in [-0.4, -0.2) is 25.3 Å². The molecule has 0 spiro atoms. The Labute approximate surface area is 141 Å². The second-order valence-electron chi connectivity index (χ2n) is 5.02. The Bertz CT molecular complexity index is 709. The molecule has 0 unspecified atom stereocenters. The van der Waals surface area contributed by atoms with Gasteiger partial charge < -0.3 is 9.47 Å². The van der Waals surface area contributed by atoms with Crippen LogP contribution in [0, 0.1) is 6.92 Å². The summed E-state index contributed by atoms with van der Waals surface area (Å²) >= 11 is 0. The van der Waals surface area contributed by atoms with E-state index in [1.54, 1.807) is 12.3 Å². The molecule has 0 bridgehead atoms. The number of nitrogens with one attached hydrogen (secondary N) is 1. The van der Waals surface area contributed by atoms with Crippen LogP contribution in [-0.2, 0) is 4.79 Å². The molecule has 0 radical (unpaired) electrons. The molecule has 5 nitrogen and oxygen atoms in total. The van der Waals surface area contributed by atoms with Crippen LogP contribution in [0.1, 0.15) is 11.1 Å². The van der Waals surface area contributed by atoms with E-state index in [1.807, 2.05) is 55.5 Å². The second-order valence-corrected chi connectivity index (χ2v) is 5.02. The van der Waals surface area contributed by atoms with Crippen molar-refractivity contribution in [2.24, 2.45) is 5.10 Å². The maximum Gasteiger partial charge on any atom is 0.277 e. The molecular weight excluding hydrogens is 304 g/mol. The summed E-state index contributed by atoms with van der Waals surface area (Å²) in [4.78, 5) is 11.7. The lowest BCUT2D eigenvalue weighted by atomic mass is 10.2. The quantitative estimate of drug-likeness (QED) is 0.461. The van der Waals surface area contributed by atoms with Crippen LogP contribution in [0.3, 0.4) is 0 Å². The molecule has 0 aliphatic rings. The van der Waals surface area contributed by atoms with Gasteiger partial charge in [-0.25, -0.2) is 5.43 Å².